The van der Waals surface area contributed by atoms with Crippen LogP contribution in [-0.2, 0) is 21.2 Å². The molecule has 1 aromatic heterocycles. The van der Waals surface area contributed by atoms with Crippen molar-refractivity contribution in [2.75, 3.05) is 26.2 Å². The fourth-order valence-corrected chi connectivity index (χ4v) is 5.23. The molecule has 0 N–H and O–H groups in total. The highest BCUT2D eigenvalue weighted by Crippen LogP contribution is 2.19. The summed E-state index contributed by atoms with van der Waals surface area (Å²) < 4.78 is 58.4. The molecule has 0 radical (unpaired) electrons. The fraction of sp³-hybridized carbons (Fsp3) is 0.348. The Bertz CT molecular complexity index is 1230. The maximum atomic E-state index is 13.1. The lowest BCUT2D eigenvalue weighted by Crippen LogP contribution is -2.37. The lowest BCUT2D eigenvalue weighted by molar-refractivity contribution is -0.131. The molecule has 0 bridgehead atoms. The van der Waals surface area contributed by atoms with Gasteiger partial charge in [-0.15, -0.1) is 0 Å². The molecule has 0 atom stereocenters. The minimum atomic E-state index is -3.75. The predicted molar refractivity (Wildman–Crippen MR) is 119 cm³/mol. The molecule has 2 aromatic carbocycles. The van der Waals surface area contributed by atoms with Crippen LogP contribution in [0.3, 0.4) is 0 Å². The zero-order valence-corrected chi connectivity index (χ0v) is 19.2. The number of hydrogen-bond acceptors (Lipinski definition) is 6. The normalized spacial score (nSPS) is 15.3. The van der Waals surface area contributed by atoms with E-state index < -0.39 is 15.8 Å². The third-order valence-corrected chi connectivity index (χ3v) is 7.52. The molecule has 1 aliphatic heterocycles. The van der Waals surface area contributed by atoms with Crippen LogP contribution in [0, 0.1) is 11.6 Å². The number of benzene rings is 2. The number of carbonyl (C=O) groups is 1. The molecule has 0 saturated carbocycles. The van der Waals surface area contributed by atoms with Gasteiger partial charge in [0.1, 0.15) is 11.6 Å². The predicted octanol–water partition coefficient (Wildman–Crippen LogP) is 3.26. The second-order valence-electron chi connectivity index (χ2n) is 7.96. The van der Waals surface area contributed by atoms with E-state index in [1.165, 1.54) is 28.6 Å². The first-order valence-corrected chi connectivity index (χ1v) is 12.4. The van der Waals surface area contributed by atoms with Gasteiger partial charge in [0.15, 0.2) is 0 Å². The molecule has 1 aliphatic rings. The van der Waals surface area contributed by atoms with Gasteiger partial charge in [-0.25, -0.2) is 17.2 Å². The third-order valence-electron chi connectivity index (χ3n) is 5.61. The largest absolute Gasteiger partial charge is 0.341 e. The molecule has 0 spiro atoms. The van der Waals surface area contributed by atoms with Gasteiger partial charge in [-0.1, -0.05) is 5.16 Å². The Kier molecular flexibility index (Phi) is 7.32. The van der Waals surface area contributed by atoms with E-state index in [1.807, 2.05) is 0 Å². The van der Waals surface area contributed by atoms with Crippen LogP contribution in [0.4, 0.5) is 8.78 Å². The first-order chi connectivity index (χ1) is 16.3. The molecule has 0 unspecified atom stereocenters. The van der Waals surface area contributed by atoms with Gasteiger partial charge in [-0.2, -0.15) is 9.29 Å². The summed E-state index contributed by atoms with van der Waals surface area (Å²) in [6.45, 7) is 1.21. The number of halogens is 2. The second kappa shape index (κ2) is 10.4. The van der Waals surface area contributed by atoms with Gasteiger partial charge in [0.2, 0.25) is 27.6 Å². The number of sulfonamides is 1. The number of nitrogens with zero attached hydrogens (tertiary/aromatic N) is 4. The molecule has 8 nitrogen and oxygen atoms in total. The average molecular weight is 491 g/mol. The molecule has 11 heteroatoms. The van der Waals surface area contributed by atoms with E-state index in [0.29, 0.717) is 43.1 Å². The second-order valence-corrected chi connectivity index (χ2v) is 9.90. The lowest BCUT2D eigenvalue weighted by Gasteiger charge is -2.22. The lowest BCUT2D eigenvalue weighted by atomic mass is 10.2. The zero-order chi connectivity index (χ0) is 24.1. The van der Waals surface area contributed by atoms with Gasteiger partial charge in [-0.05, 0) is 61.4 Å². The standard InChI is InChI=1S/C23H24F2N4O4S/c24-18-7-5-17(6-8-18)23-26-21(33-27-23)3-1-4-22(30)28-13-2-14-29(16-15-28)34(31,32)20-11-9-19(25)10-12-20/h5-12H,1-4,13-16H2. The van der Waals surface area contributed by atoms with Crippen molar-refractivity contribution >= 4 is 15.9 Å². The minimum absolute atomic E-state index is 0.0354. The maximum Gasteiger partial charge on any atom is 0.243 e. The van der Waals surface area contributed by atoms with Crippen LogP contribution < -0.4 is 0 Å². The van der Waals surface area contributed by atoms with E-state index in [4.69, 9.17) is 4.52 Å². The number of aryl methyl sites for hydroxylation is 1. The van der Waals surface area contributed by atoms with Gasteiger partial charge in [-0.3, -0.25) is 4.79 Å². The van der Waals surface area contributed by atoms with E-state index in [0.717, 1.165) is 12.1 Å². The summed E-state index contributed by atoms with van der Waals surface area (Å²) in [7, 11) is -3.75. The SMILES string of the molecule is O=C(CCCc1nc(-c2ccc(F)cc2)no1)N1CCCN(S(=O)(=O)c2ccc(F)cc2)CC1. The Morgan fingerprint density at radius 3 is 2.32 bits per heavy atom. The Hall–Kier alpha value is -3.18. The molecule has 1 fully saturated rings. The molecular weight excluding hydrogens is 466 g/mol. The Labute approximate surface area is 196 Å². The van der Waals surface area contributed by atoms with Crippen molar-refractivity contribution < 1.29 is 26.5 Å². The summed E-state index contributed by atoms with van der Waals surface area (Å²) >= 11 is 0. The van der Waals surface area contributed by atoms with Crippen LogP contribution in [0.2, 0.25) is 0 Å². The molecular formula is C23H24F2N4O4S. The number of carbonyl (C=O) groups excluding carboxylic acids is 1. The van der Waals surface area contributed by atoms with Gasteiger partial charge < -0.3 is 9.42 Å². The Morgan fingerprint density at radius 1 is 0.941 bits per heavy atom. The molecule has 3 aromatic rings. The topological polar surface area (TPSA) is 96.6 Å². The first kappa shape index (κ1) is 24.0. The van der Waals surface area contributed by atoms with Gasteiger partial charge in [0.05, 0.1) is 4.90 Å². The number of amides is 1. The summed E-state index contributed by atoms with van der Waals surface area (Å²) in [5.74, 6) is -0.176. The first-order valence-electron chi connectivity index (χ1n) is 10.9. The fourth-order valence-electron chi connectivity index (χ4n) is 3.76. The summed E-state index contributed by atoms with van der Waals surface area (Å²) in [6, 6.07) is 10.5. The van der Waals surface area contributed by atoms with Crippen molar-refractivity contribution in [2.45, 2.75) is 30.6 Å². The maximum absolute atomic E-state index is 13.1. The van der Waals surface area contributed by atoms with Gasteiger partial charge >= 0.3 is 0 Å². The Balaban J connectivity index is 1.27. The van der Waals surface area contributed by atoms with Crippen LogP contribution >= 0.6 is 0 Å². The molecule has 4 rings (SSSR count). The molecule has 0 aliphatic carbocycles. The van der Waals surface area contributed by atoms with Crippen molar-refractivity contribution in [3.8, 4) is 11.4 Å². The summed E-state index contributed by atoms with van der Waals surface area (Å²) in [5.41, 5.74) is 0.636. The van der Waals surface area contributed by atoms with Crippen molar-refractivity contribution in [2.24, 2.45) is 0 Å². The smallest absolute Gasteiger partial charge is 0.243 e. The summed E-state index contributed by atoms with van der Waals surface area (Å²) in [6.07, 6.45) is 1.69. The molecule has 180 valence electrons. The van der Waals surface area contributed by atoms with Crippen LogP contribution in [-0.4, -0.2) is 59.8 Å². The number of aromatic nitrogens is 2. The molecule has 34 heavy (non-hydrogen) atoms. The van der Waals surface area contributed by atoms with Crippen molar-refractivity contribution in [3.05, 3.63) is 66.1 Å². The van der Waals surface area contributed by atoms with Crippen LogP contribution in [0.5, 0.6) is 0 Å². The van der Waals surface area contributed by atoms with E-state index >= 15 is 0 Å². The molecule has 2 heterocycles. The molecule has 1 amide bonds. The highest BCUT2D eigenvalue weighted by atomic mass is 32.2. The number of rotatable bonds is 7. The van der Waals surface area contributed by atoms with Crippen LogP contribution in [0.25, 0.3) is 11.4 Å². The Morgan fingerprint density at radius 2 is 1.62 bits per heavy atom. The van der Waals surface area contributed by atoms with Crippen LogP contribution in [0.1, 0.15) is 25.2 Å². The highest BCUT2D eigenvalue weighted by Gasteiger charge is 2.28. The van der Waals surface area contributed by atoms with Crippen molar-refractivity contribution in [3.63, 3.8) is 0 Å². The van der Waals surface area contributed by atoms with E-state index in [2.05, 4.69) is 10.1 Å². The van der Waals surface area contributed by atoms with Crippen LogP contribution in [0.15, 0.2) is 57.9 Å². The van der Waals surface area contributed by atoms with E-state index in [-0.39, 0.29) is 42.7 Å². The van der Waals surface area contributed by atoms with Gasteiger partial charge in [0, 0.05) is 44.6 Å². The highest BCUT2D eigenvalue weighted by molar-refractivity contribution is 7.89. The quantitative estimate of drug-likeness (QED) is 0.504. The van der Waals surface area contributed by atoms with Crippen molar-refractivity contribution in [1.82, 2.24) is 19.3 Å². The third kappa shape index (κ3) is 5.65. The summed E-state index contributed by atoms with van der Waals surface area (Å²) in [4.78, 5) is 18.7. The van der Waals surface area contributed by atoms with E-state index in [9.17, 15) is 22.0 Å². The number of hydrogen-bond donors (Lipinski definition) is 0. The average Bonchev–Trinajstić information content (AvgIpc) is 3.14. The van der Waals surface area contributed by atoms with Crippen molar-refractivity contribution in [1.29, 1.82) is 0 Å². The minimum Gasteiger partial charge on any atom is -0.341 e. The zero-order valence-electron chi connectivity index (χ0n) is 18.4. The van der Waals surface area contributed by atoms with Gasteiger partial charge in [0.25, 0.3) is 0 Å². The monoisotopic (exact) mass is 490 g/mol. The summed E-state index contributed by atoms with van der Waals surface area (Å²) in [5, 5.41) is 3.89. The molecule has 1 saturated heterocycles. The van der Waals surface area contributed by atoms with E-state index in [1.54, 1.807) is 17.0 Å².